The Bertz CT molecular complexity index is 700. The SMILES string of the molecule is CCC1CC1n1c(C2CC2)nc2cccc(C(=O)O)c21. The number of aromatic carboxylic acids is 1. The van der Waals surface area contributed by atoms with Gasteiger partial charge in [-0.1, -0.05) is 19.4 Å². The normalized spacial score (nSPS) is 25.1. The predicted molar refractivity (Wildman–Crippen MR) is 76.1 cm³/mol. The Morgan fingerprint density at radius 3 is 2.85 bits per heavy atom. The van der Waals surface area contributed by atoms with Crippen LogP contribution in [0, 0.1) is 5.92 Å². The highest BCUT2D eigenvalue weighted by molar-refractivity contribution is 6.01. The number of carbonyl (C=O) groups is 1. The lowest BCUT2D eigenvalue weighted by molar-refractivity contribution is 0.0698. The Balaban J connectivity index is 1.96. The summed E-state index contributed by atoms with van der Waals surface area (Å²) in [5.41, 5.74) is 2.07. The summed E-state index contributed by atoms with van der Waals surface area (Å²) in [6, 6.07) is 5.89. The lowest BCUT2D eigenvalue weighted by Crippen LogP contribution is -2.06. The minimum Gasteiger partial charge on any atom is -0.478 e. The monoisotopic (exact) mass is 270 g/mol. The van der Waals surface area contributed by atoms with Crippen LogP contribution in [0.15, 0.2) is 18.2 Å². The van der Waals surface area contributed by atoms with Gasteiger partial charge in [-0.3, -0.25) is 0 Å². The van der Waals surface area contributed by atoms with Crippen molar-refractivity contribution in [3.8, 4) is 0 Å². The Kier molecular flexibility index (Phi) is 2.43. The lowest BCUT2D eigenvalue weighted by atomic mass is 10.2. The van der Waals surface area contributed by atoms with Gasteiger partial charge in [0, 0.05) is 12.0 Å². The minimum atomic E-state index is -0.854. The van der Waals surface area contributed by atoms with Gasteiger partial charge >= 0.3 is 5.97 Å². The Hall–Kier alpha value is -1.84. The molecule has 0 spiro atoms. The van der Waals surface area contributed by atoms with Gasteiger partial charge in [0.25, 0.3) is 0 Å². The predicted octanol–water partition coefficient (Wildman–Crippen LogP) is 3.58. The zero-order chi connectivity index (χ0) is 13.9. The molecule has 4 nitrogen and oxygen atoms in total. The van der Waals surface area contributed by atoms with Crippen molar-refractivity contribution in [2.45, 2.75) is 44.6 Å². The molecular formula is C16H18N2O2. The number of hydrogen-bond donors (Lipinski definition) is 1. The molecule has 2 unspecified atom stereocenters. The van der Waals surface area contributed by atoms with E-state index in [0.29, 0.717) is 23.4 Å². The number of aromatic nitrogens is 2. The van der Waals surface area contributed by atoms with Crippen LogP contribution in [0.2, 0.25) is 0 Å². The third-order valence-corrected chi connectivity index (χ3v) is 4.65. The van der Waals surface area contributed by atoms with Crippen LogP contribution in [-0.2, 0) is 0 Å². The quantitative estimate of drug-likeness (QED) is 0.923. The highest BCUT2D eigenvalue weighted by atomic mass is 16.4. The van der Waals surface area contributed by atoms with Crippen molar-refractivity contribution in [3.05, 3.63) is 29.6 Å². The summed E-state index contributed by atoms with van der Waals surface area (Å²) in [6.07, 6.45) is 4.70. The first-order valence-electron chi connectivity index (χ1n) is 7.44. The van der Waals surface area contributed by atoms with Crippen LogP contribution >= 0.6 is 0 Å². The lowest BCUT2D eigenvalue weighted by Gasteiger charge is -2.09. The molecule has 20 heavy (non-hydrogen) atoms. The van der Waals surface area contributed by atoms with Crippen molar-refractivity contribution < 1.29 is 9.90 Å². The molecule has 1 aromatic carbocycles. The zero-order valence-corrected chi connectivity index (χ0v) is 11.5. The molecule has 2 atom stereocenters. The van der Waals surface area contributed by atoms with Gasteiger partial charge in [0.1, 0.15) is 5.82 Å². The molecule has 4 heteroatoms. The van der Waals surface area contributed by atoms with E-state index in [4.69, 9.17) is 4.98 Å². The van der Waals surface area contributed by atoms with E-state index in [-0.39, 0.29) is 0 Å². The van der Waals surface area contributed by atoms with Crippen molar-refractivity contribution in [1.29, 1.82) is 0 Å². The van der Waals surface area contributed by atoms with Crippen LogP contribution < -0.4 is 0 Å². The van der Waals surface area contributed by atoms with Crippen molar-refractivity contribution >= 4 is 17.0 Å². The van der Waals surface area contributed by atoms with Gasteiger partial charge in [0.05, 0.1) is 16.6 Å². The highest BCUT2D eigenvalue weighted by Gasteiger charge is 2.42. The maximum absolute atomic E-state index is 11.5. The molecule has 2 aliphatic carbocycles. The van der Waals surface area contributed by atoms with Crippen molar-refractivity contribution in [3.63, 3.8) is 0 Å². The molecule has 2 aliphatic rings. The third kappa shape index (κ3) is 1.67. The Morgan fingerprint density at radius 1 is 1.45 bits per heavy atom. The van der Waals surface area contributed by atoms with E-state index >= 15 is 0 Å². The topological polar surface area (TPSA) is 55.1 Å². The molecule has 1 aromatic heterocycles. The number of carboxylic acid groups (broad SMARTS) is 1. The van der Waals surface area contributed by atoms with Crippen molar-refractivity contribution in [2.24, 2.45) is 5.92 Å². The first kappa shape index (κ1) is 11.9. The van der Waals surface area contributed by atoms with E-state index in [1.54, 1.807) is 12.1 Å². The zero-order valence-electron chi connectivity index (χ0n) is 11.5. The maximum Gasteiger partial charge on any atom is 0.337 e. The summed E-state index contributed by atoms with van der Waals surface area (Å²) in [5.74, 6) is 1.50. The molecule has 0 amide bonds. The summed E-state index contributed by atoms with van der Waals surface area (Å²) in [6.45, 7) is 2.21. The van der Waals surface area contributed by atoms with Gasteiger partial charge in [0.2, 0.25) is 0 Å². The second-order valence-electron chi connectivity index (χ2n) is 6.06. The van der Waals surface area contributed by atoms with Crippen LogP contribution in [0.3, 0.4) is 0 Å². The van der Waals surface area contributed by atoms with Crippen LogP contribution in [-0.4, -0.2) is 20.6 Å². The van der Waals surface area contributed by atoms with Crippen LogP contribution in [0.25, 0.3) is 11.0 Å². The molecule has 0 aliphatic heterocycles. The van der Waals surface area contributed by atoms with E-state index in [9.17, 15) is 9.90 Å². The molecule has 104 valence electrons. The number of imidazole rings is 1. The second-order valence-corrected chi connectivity index (χ2v) is 6.06. The van der Waals surface area contributed by atoms with E-state index in [0.717, 1.165) is 29.7 Å². The number of para-hydroxylation sites is 1. The van der Waals surface area contributed by atoms with E-state index in [1.807, 2.05) is 6.07 Å². The standard InChI is InChI=1S/C16H18N2O2/c1-2-9-8-13(9)18-14-11(16(19)20)4-3-5-12(14)17-15(18)10-6-7-10/h3-5,9-10,13H,2,6-8H2,1H3,(H,19,20). The Morgan fingerprint density at radius 2 is 2.25 bits per heavy atom. The fourth-order valence-electron chi connectivity index (χ4n) is 3.29. The fraction of sp³-hybridized carbons (Fsp3) is 0.500. The van der Waals surface area contributed by atoms with Gasteiger partial charge in [0.15, 0.2) is 0 Å². The summed E-state index contributed by atoms with van der Waals surface area (Å²) < 4.78 is 2.25. The molecule has 2 saturated carbocycles. The van der Waals surface area contributed by atoms with Crippen LogP contribution in [0.4, 0.5) is 0 Å². The number of benzene rings is 1. The molecule has 0 saturated heterocycles. The largest absolute Gasteiger partial charge is 0.478 e. The van der Waals surface area contributed by atoms with Gasteiger partial charge < -0.3 is 9.67 Å². The summed E-state index contributed by atoms with van der Waals surface area (Å²) in [4.78, 5) is 16.3. The van der Waals surface area contributed by atoms with Crippen molar-refractivity contribution in [2.75, 3.05) is 0 Å². The molecule has 2 aromatic rings. The average Bonchev–Trinajstić information content (AvgIpc) is 3.34. The summed E-state index contributed by atoms with van der Waals surface area (Å²) in [7, 11) is 0. The second kappa shape index (κ2) is 4.08. The minimum absolute atomic E-state index is 0.392. The smallest absolute Gasteiger partial charge is 0.337 e. The van der Waals surface area contributed by atoms with Gasteiger partial charge in [-0.2, -0.15) is 0 Å². The van der Waals surface area contributed by atoms with Crippen LogP contribution in [0.1, 0.15) is 60.7 Å². The molecule has 1 heterocycles. The van der Waals surface area contributed by atoms with E-state index in [1.165, 1.54) is 12.8 Å². The fourth-order valence-corrected chi connectivity index (χ4v) is 3.29. The molecule has 2 fully saturated rings. The van der Waals surface area contributed by atoms with E-state index < -0.39 is 5.97 Å². The summed E-state index contributed by atoms with van der Waals surface area (Å²) in [5, 5.41) is 9.45. The van der Waals surface area contributed by atoms with Gasteiger partial charge in [-0.05, 0) is 37.3 Å². The van der Waals surface area contributed by atoms with Crippen LogP contribution in [0.5, 0.6) is 0 Å². The molecular weight excluding hydrogens is 252 g/mol. The average molecular weight is 270 g/mol. The molecule has 0 bridgehead atoms. The number of rotatable bonds is 4. The first-order chi connectivity index (χ1) is 9.70. The number of fused-ring (bicyclic) bond motifs is 1. The van der Waals surface area contributed by atoms with Crippen molar-refractivity contribution in [1.82, 2.24) is 9.55 Å². The third-order valence-electron chi connectivity index (χ3n) is 4.65. The molecule has 1 N–H and O–H groups in total. The van der Waals surface area contributed by atoms with E-state index in [2.05, 4.69) is 11.5 Å². The first-order valence-corrected chi connectivity index (χ1v) is 7.44. The molecule has 4 rings (SSSR count). The Labute approximate surface area is 117 Å². The summed E-state index contributed by atoms with van der Waals surface area (Å²) >= 11 is 0. The van der Waals surface area contributed by atoms with Gasteiger partial charge in [-0.25, -0.2) is 9.78 Å². The number of carboxylic acids is 1. The molecule has 0 radical (unpaired) electrons. The van der Waals surface area contributed by atoms with Gasteiger partial charge in [-0.15, -0.1) is 0 Å². The maximum atomic E-state index is 11.5. The number of hydrogen-bond acceptors (Lipinski definition) is 2. The number of nitrogens with zero attached hydrogens (tertiary/aromatic N) is 2. The highest BCUT2D eigenvalue weighted by Crippen LogP contribution is 2.51.